The maximum absolute atomic E-state index is 11.5. The number of rotatable bonds is 5. The molecule has 0 aliphatic carbocycles. The minimum Gasteiger partial charge on any atom is -0.384 e. The number of likely N-dealkylation sites (tertiary alicyclic amines) is 1. The van der Waals surface area contributed by atoms with Crippen LogP contribution in [-0.2, 0) is 14.3 Å². The molecule has 2 aliphatic rings. The van der Waals surface area contributed by atoms with E-state index >= 15 is 0 Å². The van der Waals surface area contributed by atoms with Gasteiger partial charge in [0.1, 0.15) is 6.29 Å². The third-order valence-corrected chi connectivity index (χ3v) is 4.28. The van der Waals surface area contributed by atoms with Gasteiger partial charge in [-0.3, -0.25) is 0 Å². The van der Waals surface area contributed by atoms with Gasteiger partial charge >= 0.3 is 0 Å². The van der Waals surface area contributed by atoms with Crippen molar-refractivity contribution in [2.45, 2.75) is 25.7 Å². The molecule has 0 spiro atoms. The van der Waals surface area contributed by atoms with Crippen molar-refractivity contribution in [1.29, 1.82) is 0 Å². The first-order chi connectivity index (χ1) is 8.78. The van der Waals surface area contributed by atoms with Crippen molar-refractivity contribution in [3.05, 3.63) is 0 Å². The smallest absolute Gasteiger partial charge is 0.127 e. The summed E-state index contributed by atoms with van der Waals surface area (Å²) >= 11 is 0. The minimum absolute atomic E-state index is 0.160. The number of carbonyl (C=O) groups is 1. The van der Waals surface area contributed by atoms with Gasteiger partial charge in [-0.2, -0.15) is 0 Å². The largest absolute Gasteiger partial charge is 0.384 e. The molecular weight excluding hydrogens is 230 g/mol. The average molecular weight is 255 g/mol. The van der Waals surface area contributed by atoms with E-state index in [4.69, 9.17) is 9.47 Å². The van der Waals surface area contributed by atoms with Crippen molar-refractivity contribution >= 4 is 6.29 Å². The van der Waals surface area contributed by atoms with Gasteiger partial charge in [-0.25, -0.2) is 0 Å². The zero-order chi connectivity index (χ0) is 12.8. The van der Waals surface area contributed by atoms with Crippen LogP contribution in [0.25, 0.3) is 0 Å². The average Bonchev–Trinajstić information content (AvgIpc) is 2.41. The van der Waals surface area contributed by atoms with Gasteiger partial charge in [-0.05, 0) is 38.1 Å². The lowest BCUT2D eigenvalue weighted by molar-refractivity contribution is -0.123. The predicted molar refractivity (Wildman–Crippen MR) is 69.6 cm³/mol. The summed E-state index contributed by atoms with van der Waals surface area (Å²) in [6.07, 6.45) is 5.40. The highest BCUT2D eigenvalue weighted by Crippen LogP contribution is 2.30. The second-order valence-electron chi connectivity index (χ2n) is 5.79. The van der Waals surface area contributed by atoms with E-state index in [1.165, 1.54) is 19.1 Å². The Balaban J connectivity index is 1.88. The lowest BCUT2D eigenvalue weighted by Gasteiger charge is -2.40. The van der Waals surface area contributed by atoms with E-state index in [2.05, 4.69) is 4.90 Å². The second kappa shape index (κ2) is 6.64. The highest BCUT2D eigenvalue weighted by molar-refractivity contribution is 5.60. The van der Waals surface area contributed by atoms with Crippen molar-refractivity contribution in [2.75, 3.05) is 46.6 Å². The number of ether oxygens (including phenoxy) is 2. The molecule has 4 heteroatoms. The molecule has 4 nitrogen and oxygen atoms in total. The summed E-state index contributed by atoms with van der Waals surface area (Å²) < 4.78 is 10.6. The molecule has 0 bridgehead atoms. The van der Waals surface area contributed by atoms with Crippen molar-refractivity contribution in [2.24, 2.45) is 11.3 Å². The highest BCUT2D eigenvalue weighted by atomic mass is 16.5. The van der Waals surface area contributed by atoms with Gasteiger partial charge in [0.05, 0.1) is 6.61 Å². The Labute approximate surface area is 110 Å². The van der Waals surface area contributed by atoms with Crippen LogP contribution in [0.2, 0.25) is 0 Å². The molecule has 0 aromatic rings. The molecule has 0 N–H and O–H groups in total. The summed E-state index contributed by atoms with van der Waals surface area (Å²) in [5.41, 5.74) is -0.160. The fourth-order valence-electron chi connectivity index (χ4n) is 3.20. The van der Waals surface area contributed by atoms with Crippen molar-refractivity contribution < 1.29 is 14.3 Å². The van der Waals surface area contributed by atoms with E-state index in [9.17, 15) is 4.79 Å². The Morgan fingerprint density at radius 2 is 2.22 bits per heavy atom. The topological polar surface area (TPSA) is 38.8 Å². The van der Waals surface area contributed by atoms with E-state index in [-0.39, 0.29) is 5.41 Å². The number of piperidine rings is 1. The van der Waals surface area contributed by atoms with E-state index < -0.39 is 0 Å². The van der Waals surface area contributed by atoms with Gasteiger partial charge in [0.2, 0.25) is 0 Å². The zero-order valence-electron chi connectivity index (χ0n) is 11.4. The van der Waals surface area contributed by atoms with E-state index in [0.29, 0.717) is 5.92 Å². The summed E-state index contributed by atoms with van der Waals surface area (Å²) in [5, 5.41) is 0. The third-order valence-electron chi connectivity index (χ3n) is 4.28. The lowest BCUT2D eigenvalue weighted by atomic mass is 9.80. The van der Waals surface area contributed by atoms with Gasteiger partial charge in [-0.15, -0.1) is 0 Å². The zero-order valence-corrected chi connectivity index (χ0v) is 11.4. The molecule has 2 saturated heterocycles. The van der Waals surface area contributed by atoms with Gasteiger partial charge in [0.25, 0.3) is 0 Å². The molecule has 2 heterocycles. The summed E-state index contributed by atoms with van der Waals surface area (Å²) in [5.74, 6) is 0.632. The maximum atomic E-state index is 11.5. The maximum Gasteiger partial charge on any atom is 0.127 e. The first kappa shape index (κ1) is 14.0. The lowest BCUT2D eigenvalue weighted by Crippen LogP contribution is -2.46. The van der Waals surface area contributed by atoms with Crippen LogP contribution in [0.15, 0.2) is 0 Å². The summed E-state index contributed by atoms with van der Waals surface area (Å²) in [6, 6.07) is 0. The van der Waals surface area contributed by atoms with Gasteiger partial charge in [-0.1, -0.05) is 0 Å². The van der Waals surface area contributed by atoms with E-state index in [0.717, 1.165) is 52.3 Å². The second-order valence-corrected chi connectivity index (χ2v) is 5.79. The van der Waals surface area contributed by atoms with Crippen LogP contribution in [0, 0.1) is 11.3 Å². The monoisotopic (exact) mass is 255 g/mol. The predicted octanol–water partition coefficient (Wildman–Crippen LogP) is 1.34. The number of carbonyl (C=O) groups excluding carboxylic acids is 1. The molecular formula is C14H25NO3. The standard InChI is InChI=1S/C14H25NO3/c1-17-10-13-3-2-6-15(9-13)11-14(12-16)4-7-18-8-5-14/h12-13H,2-11H2,1H3. The number of aldehydes is 1. The minimum atomic E-state index is -0.160. The quantitative estimate of drug-likeness (QED) is 0.695. The molecule has 0 aromatic heterocycles. The van der Waals surface area contributed by atoms with Gasteiger partial charge < -0.3 is 19.2 Å². The normalized spacial score (nSPS) is 29.1. The van der Waals surface area contributed by atoms with Crippen LogP contribution in [0.4, 0.5) is 0 Å². The molecule has 104 valence electrons. The molecule has 18 heavy (non-hydrogen) atoms. The molecule has 0 saturated carbocycles. The fraction of sp³-hybridized carbons (Fsp3) is 0.929. The molecule has 0 amide bonds. The van der Waals surface area contributed by atoms with Crippen LogP contribution < -0.4 is 0 Å². The Morgan fingerprint density at radius 1 is 1.44 bits per heavy atom. The van der Waals surface area contributed by atoms with Crippen molar-refractivity contribution in [3.8, 4) is 0 Å². The van der Waals surface area contributed by atoms with Crippen LogP contribution in [0.3, 0.4) is 0 Å². The van der Waals surface area contributed by atoms with E-state index in [1.807, 2.05) is 0 Å². The molecule has 0 aromatic carbocycles. The molecule has 2 rings (SSSR count). The Morgan fingerprint density at radius 3 is 2.89 bits per heavy atom. The molecule has 0 radical (unpaired) electrons. The van der Waals surface area contributed by atoms with Crippen LogP contribution >= 0.6 is 0 Å². The Kier molecular flexibility index (Phi) is 5.15. The van der Waals surface area contributed by atoms with Crippen molar-refractivity contribution in [1.82, 2.24) is 4.90 Å². The summed E-state index contributed by atoms with van der Waals surface area (Å²) in [7, 11) is 1.77. The summed E-state index contributed by atoms with van der Waals surface area (Å²) in [6.45, 7) is 5.40. The number of methoxy groups -OCH3 is 1. The third kappa shape index (κ3) is 3.53. The number of nitrogens with zero attached hydrogens (tertiary/aromatic N) is 1. The molecule has 1 atom stereocenters. The van der Waals surface area contributed by atoms with Crippen LogP contribution in [0.5, 0.6) is 0 Å². The highest BCUT2D eigenvalue weighted by Gasteiger charge is 2.35. The van der Waals surface area contributed by atoms with Gasteiger partial charge in [0, 0.05) is 38.8 Å². The summed E-state index contributed by atoms with van der Waals surface area (Å²) in [4.78, 5) is 13.9. The number of hydrogen-bond acceptors (Lipinski definition) is 4. The fourth-order valence-corrected chi connectivity index (χ4v) is 3.20. The Hall–Kier alpha value is -0.450. The molecule has 1 unspecified atom stereocenters. The Bertz CT molecular complexity index is 262. The first-order valence-corrected chi connectivity index (χ1v) is 7.03. The van der Waals surface area contributed by atoms with Gasteiger partial charge in [0.15, 0.2) is 0 Å². The SMILES string of the molecule is COCC1CCCN(CC2(C=O)CCOCC2)C1. The van der Waals surface area contributed by atoms with Crippen molar-refractivity contribution in [3.63, 3.8) is 0 Å². The van der Waals surface area contributed by atoms with E-state index in [1.54, 1.807) is 7.11 Å². The molecule has 2 aliphatic heterocycles. The molecule has 2 fully saturated rings. The van der Waals surface area contributed by atoms with Crippen LogP contribution in [0.1, 0.15) is 25.7 Å². The number of hydrogen-bond donors (Lipinski definition) is 0. The van der Waals surface area contributed by atoms with Crippen LogP contribution in [-0.4, -0.2) is 57.8 Å². The first-order valence-electron chi connectivity index (χ1n) is 7.03.